The topological polar surface area (TPSA) is 17.1 Å². The molecule has 0 heterocycles. The molecule has 0 N–H and O–H groups in total. The Bertz CT molecular complexity index is 438. The summed E-state index contributed by atoms with van der Waals surface area (Å²) < 4.78 is 0. The summed E-state index contributed by atoms with van der Waals surface area (Å²) in [5.74, 6) is 1.04. The number of ketones is 1. The maximum absolute atomic E-state index is 12.5. The molecule has 1 heteroatoms. The van der Waals surface area contributed by atoms with Gasteiger partial charge in [-0.25, -0.2) is 0 Å². The Morgan fingerprint density at radius 3 is 2.18 bits per heavy atom. The minimum atomic E-state index is -0.0577. The lowest BCUT2D eigenvalue weighted by molar-refractivity contribution is -0.154. The molecule has 0 saturated heterocycles. The molecule has 1 spiro atoms. The average molecular weight is 228 g/mol. The van der Waals surface area contributed by atoms with Gasteiger partial charge >= 0.3 is 0 Å². The third-order valence-electron chi connectivity index (χ3n) is 5.19. The molecule has 1 aromatic carbocycles. The molecule has 2 aliphatic rings. The second kappa shape index (κ2) is 3.44. The Balaban J connectivity index is 2.04. The van der Waals surface area contributed by atoms with Crippen LogP contribution in [-0.2, 0) is 4.79 Å². The van der Waals surface area contributed by atoms with E-state index < -0.39 is 0 Å². The second-order valence-electron chi connectivity index (χ2n) is 5.69. The standard InChI is InChI=1S/C16H20O/c1-3-15(4-2)13(12-8-6-5-7-9-12)16(10-11-16)14(15)17/h5-9,13H,3-4,10-11H2,1-2H3. The van der Waals surface area contributed by atoms with E-state index in [0.717, 1.165) is 25.7 Å². The van der Waals surface area contributed by atoms with E-state index in [1.165, 1.54) is 5.56 Å². The third-order valence-corrected chi connectivity index (χ3v) is 5.19. The van der Waals surface area contributed by atoms with Gasteiger partial charge in [-0.15, -0.1) is 0 Å². The number of rotatable bonds is 3. The fourth-order valence-electron chi connectivity index (χ4n) is 4.12. The molecule has 0 bridgehead atoms. The molecule has 2 fully saturated rings. The van der Waals surface area contributed by atoms with Gasteiger partial charge in [0.15, 0.2) is 0 Å². The van der Waals surface area contributed by atoms with Gasteiger partial charge in [-0.05, 0) is 31.2 Å². The lowest BCUT2D eigenvalue weighted by Gasteiger charge is -2.54. The van der Waals surface area contributed by atoms with Crippen LogP contribution in [0.5, 0.6) is 0 Å². The summed E-state index contributed by atoms with van der Waals surface area (Å²) in [6.45, 7) is 4.35. The zero-order chi connectivity index (χ0) is 12.1. The van der Waals surface area contributed by atoms with E-state index in [2.05, 4.69) is 44.2 Å². The van der Waals surface area contributed by atoms with Crippen LogP contribution in [0.15, 0.2) is 30.3 Å². The maximum Gasteiger partial charge on any atom is 0.146 e. The van der Waals surface area contributed by atoms with E-state index in [0.29, 0.717) is 11.7 Å². The lowest BCUT2D eigenvalue weighted by Crippen LogP contribution is -2.57. The molecule has 2 aliphatic carbocycles. The Labute approximate surface area is 103 Å². The fraction of sp³-hybridized carbons (Fsp3) is 0.562. The van der Waals surface area contributed by atoms with Crippen LogP contribution in [-0.4, -0.2) is 5.78 Å². The van der Waals surface area contributed by atoms with Crippen molar-refractivity contribution >= 4 is 5.78 Å². The molecular formula is C16H20O. The van der Waals surface area contributed by atoms with Crippen LogP contribution < -0.4 is 0 Å². The predicted octanol–water partition coefficient (Wildman–Crippen LogP) is 3.94. The van der Waals surface area contributed by atoms with Crippen molar-refractivity contribution in [1.29, 1.82) is 0 Å². The minimum Gasteiger partial charge on any atom is -0.298 e. The van der Waals surface area contributed by atoms with Gasteiger partial charge in [0.1, 0.15) is 5.78 Å². The number of carbonyl (C=O) groups is 1. The summed E-state index contributed by atoms with van der Waals surface area (Å²) in [4.78, 5) is 12.5. The average Bonchev–Trinajstić information content (AvgIpc) is 3.18. The zero-order valence-corrected chi connectivity index (χ0v) is 10.7. The van der Waals surface area contributed by atoms with Gasteiger partial charge in [-0.3, -0.25) is 4.79 Å². The number of carbonyl (C=O) groups excluding carboxylic acids is 1. The van der Waals surface area contributed by atoms with Gasteiger partial charge < -0.3 is 0 Å². The minimum absolute atomic E-state index is 0.0490. The van der Waals surface area contributed by atoms with Gasteiger partial charge in [0.05, 0.1) is 0 Å². The molecule has 17 heavy (non-hydrogen) atoms. The lowest BCUT2D eigenvalue weighted by atomic mass is 9.46. The summed E-state index contributed by atoms with van der Waals surface area (Å²) in [7, 11) is 0. The molecule has 1 atom stereocenters. The smallest absolute Gasteiger partial charge is 0.146 e. The van der Waals surface area contributed by atoms with Crippen molar-refractivity contribution in [3.8, 4) is 0 Å². The van der Waals surface area contributed by atoms with E-state index in [1.807, 2.05) is 0 Å². The normalized spacial score (nSPS) is 27.9. The maximum atomic E-state index is 12.5. The van der Waals surface area contributed by atoms with Crippen molar-refractivity contribution in [2.75, 3.05) is 0 Å². The highest BCUT2D eigenvalue weighted by Crippen LogP contribution is 2.75. The summed E-state index contributed by atoms with van der Waals surface area (Å²) in [6.07, 6.45) is 4.22. The van der Waals surface area contributed by atoms with Gasteiger partial charge in [-0.1, -0.05) is 44.2 Å². The van der Waals surface area contributed by atoms with Crippen molar-refractivity contribution in [1.82, 2.24) is 0 Å². The fourth-order valence-corrected chi connectivity index (χ4v) is 4.12. The molecule has 3 rings (SSSR count). The number of benzene rings is 1. The molecule has 0 amide bonds. The highest BCUT2D eigenvalue weighted by Gasteiger charge is 2.74. The van der Waals surface area contributed by atoms with E-state index >= 15 is 0 Å². The summed E-state index contributed by atoms with van der Waals surface area (Å²) in [5, 5.41) is 0. The number of Topliss-reactive ketones (excluding diaryl/α,β-unsaturated/α-hetero) is 1. The van der Waals surface area contributed by atoms with Crippen molar-refractivity contribution in [3.05, 3.63) is 35.9 Å². The molecule has 90 valence electrons. The molecule has 2 saturated carbocycles. The summed E-state index contributed by atoms with van der Waals surface area (Å²) >= 11 is 0. The van der Waals surface area contributed by atoms with E-state index in [-0.39, 0.29) is 10.8 Å². The van der Waals surface area contributed by atoms with Crippen molar-refractivity contribution in [3.63, 3.8) is 0 Å². The Hall–Kier alpha value is -1.11. The van der Waals surface area contributed by atoms with Crippen LogP contribution in [0.4, 0.5) is 0 Å². The van der Waals surface area contributed by atoms with Gasteiger partial charge in [0.25, 0.3) is 0 Å². The van der Waals surface area contributed by atoms with E-state index in [4.69, 9.17) is 0 Å². The number of hydrogen-bond acceptors (Lipinski definition) is 1. The Morgan fingerprint density at radius 2 is 1.71 bits per heavy atom. The second-order valence-corrected chi connectivity index (χ2v) is 5.69. The van der Waals surface area contributed by atoms with Gasteiger partial charge in [0.2, 0.25) is 0 Å². The molecule has 0 aliphatic heterocycles. The quantitative estimate of drug-likeness (QED) is 0.766. The van der Waals surface area contributed by atoms with Crippen LogP contribution in [0.25, 0.3) is 0 Å². The SMILES string of the molecule is CCC1(CC)C(=O)C2(CC2)C1c1ccccc1. The highest BCUT2D eigenvalue weighted by atomic mass is 16.1. The molecule has 1 aromatic rings. The monoisotopic (exact) mass is 228 g/mol. The van der Waals surface area contributed by atoms with E-state index in [1.54, 1.807) is 0 Å². The molecule has 1 unspecified atom stereocenters. The van der Waals surface area contributed by atoms with Gasteiger partial charge in [0, 0.05) is 16.7 Å². The van der Waals surface area contributed by atoms with Crippen LogP contribution >= 0.6 is 0 Å². The molecule has 0 aromatic heterocycles. The zero-order valence-electron chi connectivity index (χ0n) is 10.7. The predicted molar refractivity (Wildman–Crippen MR) is 68.9 cm³/mol. The van der Waals surface area contributed by atoms with Crippen LogP contribution in [0.3, 0.4) is 0 Å². The molecule has 0 radical (unpaired) electrons. The molecule has 1 nitrogen and oxygen atoms in total. The van der Waals surface area contributed by atoms with Crippen molar-refractivity contribution in [2.24, 2.45) is 10.8 Å². The van der Waals surface area contributed by atoms with Crippen molar-refractivity contribution in [2.45, 2.75) is 45.4 Å². The number of hydrogen-bond donors (Lipinski definition) is 0. The highest BCUT2D eigenvalue weighted by molar-refractivity contribution is 6.01. The van der Waals surface area contributed by atoms with E-state index in [9.17, 15) is 4.79 Å². The van der Waals surface area contributed by atoms with Crippen LogP contribution in [0.1, 0.15) is 51.0 Å². The Morgan fingerprint density at radius 1 is 1.12 bits per heavy atom. The molecular weight excluding hydrogens is 208 g/mol. The van der Waals surface area contributed by atoms with Gasteiger partial charge in [-0.2, -0.15) is 0 Å². The van der Waals surface area contributed by atoms with Crippen LogP contribution in [0, 0.1) is 10.8 Å². The first-order valence-electron chi connectivity index (χ1n) is 6.81. The summed E-state index contributed by atoms with van der Waals surface area (Å²) in [5.41, 5.74) is 1.37. The first kappa shape index (κ1) is 11.0. The van der Waals surface area contributed by atoms with Crippen LogP contribution in [0.2, 0.25) is 0 Å². The van der Waals surface area contributed by atoms with Crippen molar-refractivity contribution < 1.29 is 4.79 Å². The largest absolute Gasteiger partial charge is 0.298 e. The Kier molecular flexibility index (Phi) is 2.23. The third kappa shape index (κ3) is 1.17. The summed E-state index contributed by atoms with van der Waals surface area (Å²) in [6, 6.07) is 10.7. The first-order valence-corrected chi connectivity index (χ1v) is 6.81. The first-order chi connectivity index (χ1) is 8.21.